The van der Waals surface area contributed by atoms with Crippen molar-refractivity contribution in [3.8, 4) is 0 Å². The quantitative estimate of drug-likeness (QED) is 0.350. The molecule has 136 valence electrons. The number of hydrogen-bond acceptors (Lipinski definition) is 3. The van der Waals surface area contributed by atoms with E-state index in [1.807, 2.05) is 0 Å². The highest BCUT2D eigenvalue weighted by Crippen LogP contribution is 2.36. The van der Waals surface area contributed by atoms with Crippen LogP contribution in [0.25, 0.3) is 0 Å². The summed E-state index contributed by atoms with van der Waals surface area (Å²) in [6.45, 7) is 9.52. The zero-order chi connectivity index (χ0) is 16.1. The molecule has 1 aliphatic heterocycles. The van der Waals surface area contributed by atoms with E-state index in [1.54, 1.807) is 0 Å². The van der Waals surface area contributed by atoms with Crippen molar-refractivity contribution in [3.05, 3.63) is 0 Å². The summed E-state index contributed by atoms with van der Waals surface area (Å²) in [4.78, 5) is 4.73. The number of ether oxygens (including phenoxy) is 1. The Morgan fingerprint density at radius 2 is 2.00 bits per heavy atom. The highest BCUT2D eigenvalue weighted by Gasteiger charge is 2.35. The van der Waals surface area contributed by atoms with E-state index >= 15 is 0 Å². The molecule has 1 saturated heterocycles. The van der Waals surface area contributed by atoms with Crippen molar-refractivity contribution in [2.45, 2.75) is 71.0 Å². The van der Waals surface area contributed by atoms with Crippen LogP contribution in [0.3, 0.4) is 0 Å². The summed E-state index contributed by atoms with van der Waals surface area (Å²) in [7, 11) is 0. The minimum Gasteiger partial charge on any atom is -0.392 e. The van der Waals surface area contributed by atoms with Crippen LogP contribution in [0.2, 0.25) is 0 Å². The molecule has 1 heterocycles. The molecule has 0 aromatic rings. The van der Waals surface area contributed by atoms with Gasteiger partial charge in [0, 0.05) is 25.1 Å². The van der Waals surface area contributed by atoms with Crippen LogP contribution < -0.4 is 10.6 Å². The van der Waals surface area contributed by atoms with Crippen molar-refractivity contribution >= 4 is 29.9 Å². The number of aliphatic hydroxyl groups is 1. The fourth-order valence-electron chi connectivity index (χ4n) is 3.41. The maximum absolute atomic E-state index is 10.3. The van der Waals surface area contributed by atoms with Crippen LogP contribution in [0.15, 0.2) is 4.99 Å². The Balaban J connectivity index is 0.00000264. The van der Waals surface area contributed by atoms with E-state index in [-0.39, 0.29) is 41.1 Å². The molecule has 23 heavy (non-hydrogen) atoms. The Kier molecular flexibility index (Phi) is 8.58. The van der Waals surface area contributed by atoms with Crippen molar-refractivity contribution in [1.29, 1.82) is 0 Å². The minimum atomic E-state index is -0.233. The van der Waals surface area contributed by atoms with Gasteiger partial charge in [-0.05, 0) is 39.5 Å². The first kappa shape index (κ1) is 21.0. The van der Waals surface area contributed by atoms with Gasteiger partial charge in [-0.25, -0.2) is 0 Å². The summed E-state index contributed by atoms with van der Waals surface area (Å²) in [5.41, 5.74) is -0.168. The Morgan fingerprint density at radius 1 is 1.22 bits per heavy atom. The lowest BCUT2D eigenvalue weighted by molar-refractivity contribution is 0.00701. The molecule has 2 aliphatic rings. The van der Waals surface area contributed by atoms with Crippen LogP contribution in [-0.4, -0.2) is 49.0 Å². The third-order valence-corrected chi connectivity index (χ3v) is 5.15. The fraction of sp³-hybridized carbons (Fsp3) is 0.941. The molecule has 0 aromatic carbocycles. The molecule has 0 amide bonds. The first-order valence-electron chi connectivity index (χ1n) is 8.82. The molecule has 3 atom stereocenters. The smallest absolute Gasteiger partial charge is 0.191 e. The molecule has 3 N–H and O–H groups in total. The molecular formula is C17H34IN3O2. The molecule has 1 saturated carbocycles. The number of nitrogens with one attached hydrogen (secondary N) is 2. The number of hydrogen-bond donors (Lipinski definition) is 3. The standard InChI is InChI=1S/C17H33N3O2.HI/c1-4-18-15(20-13-17(3)10-7-11-22-17)19-12-16(2)9-6-5-8-14(16)21;/h14,21H,4-13H2,1-3H3,(H2,18,19,20);1H. The van der Waals surface area contributed by atoms with Gasteiger partial charge >= 0.3 is 0 Å². The molecule has 0 bridgehead atoms. The Morgan fingerprint density at radius 3 is 2.61 bits per heavy atom. The van der Waals surface area contributed by atoms with E-state index in [4.69, 9.17) is 9.73 Å². The highest BCUT2D eigenvalue weighted by atomic mass is 127. The number of guanidine groups is 1. The molecule has 3 unspecified atom stereocenters. The van der Waals surface area contributed by atoms with E-state index in [1.165, 1.54) is 6.42 Å². The molecule has 1 aliphatic carbocycles. The number of aliphatic imine (C=N–C) groups is 1. The van der Waals surface area contributed by atoms with Crippen LogP contribution in [-0.2, 0) is 4.74 Å². The average Bonchev–Trinajstić information content (AvgIpc) is 2.93. The Labute approximate surface area is 158 Å². The third-order valence-electron chi connectivity index (χ3n) is 5.15. The van der Waals surface area contributed by atoms with E-state index < -0.39 is 0 Å². The monoisotopic (exact) mass is 439 g/mol. The maximum Gasteiger partial charge on any atom is 0.191 e. The van der Waals surface area contributed by atoms with E-state index in [2.05, 4.69) is 31.4 Å². The normalized spacial score (nSPS) is 34.8. The molecule has 0 radical (unpaired) electrons. The largest absolute Gasteiger partial charge is 0.392 e. The van der Waals surface area contributed by atoms with Crippen LogP contribution >= 0.6 is 24.0 Å². The second-order valence-electron chi connectivity index (χ2n) is 7.37. The van der Waals surface area contributed by atoms with Crippen LogP contribution in [0.5, 0.6) is 0 Å². The minimum absolute atomic E-state index is 0. The van der Waals surface area contributed by atoms with Crippen molar-refractivity contribution < 1.29 is 9.84 Å². The molecule has 5 nitrogen and oxygen atoms in total. The molecule has 2 rings (SSSR count). The van der Waals surface area contributed by atoms with Gasteiger partial charge in [-0.15, -0.1) is 24.0 Å². The zero-order valence-electron chi connectivity index (χ0n) is 14.9. The highest BCUT2D eigenvalue weighted by molar-refractivity contribution is 14.0. The first-order chi connectivity index (χ1) is 10.5. The van der Waals surface area contributed by atoms with Crippen molar-refractivity contribution in [1.82, 2.24) is 10.6 Å². The summed E-state index contributed by atoms with van der Waals surface area (Å²) < 4.78 is 5.82. The van der Waals surface area contributed by atoms with Crippen LogP contribution in [0, 0.1) is 5.41 Å². The second kappa shape index (κ2) is 9.42. The molecule has 0 spiro atoms. The predicted octanol–water partition coefficient (Wildman–Crippen LogP) is 2.67. The summed E-state index contributed by atoms with van der Waals surface area (Å²) >= 11 is 0. The Bertz CT molecular complexity index is 386. The average molecular weight is 439 g/mol. The zero-order valence-corrected chi connectivity index (χ0v) is 17.2. The molecule has 2 fully saturated rings. The first-order valence-corrected chi connectivity index (χ1v) is 8.82. The lowest BCUT2D eigenvalue weighted by Crippen LogP contribution is -2.46. The number of halogens is 1. The van der Waals surface area contributed by atoms with E-state index in [9.17, 15) is 5.11 Å². The van der Waals surface area contributed by atoms with Gasteiger partial charge < -0.3 is 20.5 Å². The fourth-order valence-corrected chi connectivity index (χ4v) is 3.41. The molecule has 0 aromatic heterocycles. The summed E-state index contributed by atoms with van der Waals surface area (Å²) in [6.07, 6.45) is 6.28. The van der Waals surface area contributed by atoms with Gasteiger partial charge in [0.2, 0.25) is 0 Å². The SMILES string of the molecule is CCNC(=NCC1(C)CCCCC1O)NCC1(C)CCCO1.I. The maximum atomic E-state index is 10.3. The summed E-state index contributed by atoms with van der Waals surface area (Å²) in [5.74, 6) is 0.832. The van der Waals surface area contributed by atoms with Gasteiger partial charge in [-0.3, -0.25) is 4.99 Å². The van der Waals surface area contributed by atoms with Crippen molar-refractivity contribution in [2.75, 3.05) is 26.2 Å². The topological polar surface area (TPSA) is 65.9 Å². The van der Waals surface area contributed by atoms with Gasteiger partial charge in [0.05, 0.1) is 18.2 Å². The van der Waals surface area contributed by atoms with Crippen molar-refractivity contribution in [3.63, 3.8) is 0 Å². The second-order valence-corrected chi connectivity index (χ2v) is 7.37. The van der Waals surface area contributed by atoms with E-state index in [0.29, 0.717) is 6.54 Å². The lowest BCUT2D eigenvalue weighted by Gasteiger charge is -2.37. The van der Waals surface area contributed by atoms with Gasteiger partial charge in [-0.1, -0.05) is 19.8 Å². The number of rotatable bonds is 5. The van der Waals surface area contributed by atoms with Gasteiger partial charge in [0.15, 0.2) is 5.96 Å². The number of aliphatic hydroxyl groups excluding tert-OH is 1. The number of nitrogens with zero attached hydrogens (tertiary/aromatic N) is 1. The summed E-state index contributed by atoms with van der Waals surface area (Å²) in [5, 5.41) is 17.0. The third kappa shape index (κ3) is 6.05. The van der Waals surface area contributed by atoms with Gasteiger partial charge in [0.25, 0.3) is 0 Å². The summed E-state index contributed by atoms with van der Waals surface area (Å²) in [6, 6.07) is 0. The van der Waals surface area contributed by atoms with E-state index in [0.717, 1.165) is 57.8 Å². The van der Waals surface area contributed by atoms with Gasteiger partial charge in [0.1, 0.15) is 0 Å². The molecule has 6 heteroatoms. The lowest BCUT2D eigenvalue weighted by atomic mass is 9.73. The predicted molar refractivity (Wildman–Crippen MR) is 106 cm³/mol. The Hall–Kier alpha value is -0.0800. The van der Waals surface area contributed by atoms with Crippen molar-refractivity contribution in [2.24, 2.45) is 10.4 Å². The molecular weight excluding hydrogens is 405 g/mol. The van der Waals surface area contributed by atoms with Gasteiger partial charge in [-0.2, -0.15) is 0 Å². The van der Waals surface area contributed by atoms with Crippen LogP contribution in [0.1, 0.15) is 59.3 Å². The van der Waals surface area contributed by atoms with Crippen LogP contribution in [0.4, 0.5) is 0 Å².